The second-order valence-corrected chi connectivity index (χ2v) is 3.30. The predicted octanol–water partition coefficient (Wildman–Crippen LogP) is 1.79. The van der Waals surface area contributed by atoms with Gasteiger partial charge in [-0.1, -0.05) is 5.16 Å². The second-order valence-electron chi connectivity index (χ2n) is 3.30. The van der Waals surface area contributed by atoms with E-state index in [9.17, 15) is 4.39 Å². The summed E-state index contributed by atoms with van der Waals surface area (Å²) in [5, 5.41) is 3.53. The van der Waals surface area contributed by atoms with Gasteiger partial charge in [0.15, 0.2) is 11.6 Å². The molecule has 0 bridgehead atoms. The van der Waals surface area contributed by atoms with Crippen molar-refractivity contribution in [3.8, 4) is 22.6 Å². The molecule has 0 saturated heterocycles. The fourth-order valence-corrected chi connectivity index (χ4v) is 1.59. The quantitative estimate of drug-likeness (QED) is 0.796. The lowest BCUT2D eigenvalue weighted by Gasteiger charge is -2.02. The first-order valence-electron chi connectivity index (χ1n) is 4.55. The number of fused-ring (bicyclic) bond motifs is 1. The summed E-state index contributed by atoms with van der Waals surface area (Å²) in [5.41, 5.74) is 6.61. The highest BCUT2D eigenvalue weighted by Gasteiger charge is 2.21. The minimum atomic E-state index is -0.495. The maximum absolute atomic E-state index is 13.6. The van der Waals surface area contributed by atoms with Gasteiger partial charge in [0, 0.05) is 0 Å². The Kier molecular flexibility index (Phi) is 1.76. The zero-order chi connectivity index (χ0) is 11.1. The number of nitrogens with zero attached hydrogens (tertiary/aromatic N) is 1. The van der Waals surface area contributed by atoms with Crippen LogP contribution in [0.5, 0.6) is 11.5 Å². The molecule has 1 aliphatic heterocycles. The van der Waals surface area contributed by atoms with E-state index in [4.69, 9.17) is 19.7 Å². The Morgan fingerprint density at radius 2 is 2.19 bits per heavy atom. The highest BCUT2D eigenvalue weighted by molar-refractivity contribution is 5.74. The molecular weight excluding hydrogens is 215 g/mol. The number of rotatable bonds is 1. The van der Waals surface area contributed by atoms with Crippen molar-refractivity contribution >= 4 is 5.88 Å². The molecule has 1 aromatic heterocycles. The summed E-state index contributed by atoms with van der Waals surface area (Å²) in [6.07, 6.45) is 1.42. The van der Waals surface area contributed by atoms with Gasteiger partial charge in [-0.3, -0.25) is 0 Å². The van der Waals surface area contributed by atoms with Gasteiger partial charge in [0.2, 0.25) is 18.4 Å². The summed E-state index contributed by atoms with van der Waals surface area (Å²) >= 11 is 0. The van der Waals surface area contributed by atoms with Crippen LogP contribution in [0, 0.1) is 5.82 Å². The largest absolute Gasteiger partial charge is 0.453 e. The van der Waals surface area contributed by atoms with Crippen LogP contribution in [-0.4, -0.2) is 11.9 Å². The Labute approximate surface area is 89.5 Å². The van der Waals surface area contributed by atoms with E-state index in [1.807, 2.05) is 0 Å². The van der Waals surface area contributed by atoms with Crippen molar-refractivity contribution in [1.29, 1.82) is 0 Å². The number of halogens is 1. The Morgan fingerprint density at radius 1 is 1.31 bits per heavy atom. The fraction of sp³-hybridized carbons (Fsp3) is 0.100. The summed E-state index contributed by atoms with van der Waals surface area (Å²) in [7, 11) is 0. The van der Waals surface area contributed by atoms with E-state index in [0.29, 0.717) is 16.9 Å². The average Bonchev–Trinajstić information content (AvgIpc) is 2.85. The van der Waals surface area contributed by atoms with Crippen LogP contribution in [0.15, 0.2) is 22.9 Å². The van der Waals surface area contributed by atoms with Crippen LogP contribution in [0.4, 0.5) is 10.3 Å². The number of hydrogen-bond donors (Lipinski definition) is 1. The van der Waals surface area contributed by atoms with E-state index >= 15 is 0 Å². The summed E-state index contributed by atoms with van der Waals surface area (Å²) in [6.45, 7) is 0.0226. The van der Waals surface area contributed by atoms with Crippen molar-refractivity contribution in [2.75, 3.05) is 12.5 Å². The van der Waals surface area contributed by atoms with E-state index in [1.165, 1.54) is 12.3 Å². The van der Waals surface area contributed by atoms with E-state index in [-0.39, 0.29) is 18.4 Å². The number of nitrogen functional groups attached to an aromatic ring is 1. The number of aromatic nitrogens is 1. The van der Waals surface area contributed by atoms with E-state index in [2.05, 4.69) is 5.16 Å². The Morgan fingerprint density at radius 3 is 2.94 bits per heavy atom. The first-order valence-corrected chi connectivity index (χ1v) is 4.55. The molecule has 2 heterocycles. The molecule has 0 atom stereocenters. The molecule has 0 amide bonds. The molecule has 2 N–H and O–H groups in total. The molecule has 5 nitrogen and oxygen atoms in total. The molecule has 0 unspecified atom stereocenters. The Balaban J connectivity index is 2.17. The van der Waals surface area contributed by atoms with Crippen LogP contribution in [-0.2, 0) is 0 Å². The fourth-order valence-electron chi connectivity index (χ4n) is 1.59. The van der Waals surface area contributed by atoms with Gasteiger partial charge >= 0.3 is 0 Å². The molecule has 16 heavy (non-hydrogen) atoms. The van der Waals surface area contributed by atoms with Crippen molar-refractivity contribution in [2.45, 2.75) is 0 Å². The first-order chi connectivity index (χ1) is 7.75. The van der Waals surface area contributed by atoms with Crippen LogP contribution in [0.2, 0.25) is 0 Å². The minimum absolute atomic E-state index is 0.0226. The molecule has 0 fully saturated rings. The highest BCUT2D eigenvalue weighted by Crippen LogP contribution is 2.39. The molecule has 0 radical (unpaired) electrons. The number of nitrogens with two attached hydrogens (primary N) is 1. The van der Waals surface area contributed by atoms with Gasteiger partial charge < -0.3 is 19.7 Å². The van der Waals surface area contributed by atoms with Gasteiger partial charge in [-0.25, -0.2) is 4.39 Å². The van der Waals surface area contributed by atoms with E-state index in [0.717, 1.165) is 0 Å². The number of benzene rings is 1. The predicted molar refractivity (Wildman–Crippen MR) is 52.4 cm³/mol. The normalized spacial score (nSPS) is 13.1. The van der Waals surface area contributed by atoms with Gasteiger partial charge in [-0.15, -0.1) is 0 Å². The van der Waals surface area contributed by atoms with Crippen LogP contribution in [0.3, 0.4) is 0 Å². The van der Waals surface area contributed by atoms with Gasteiger partial charge in [0.25, 0.3) is 0 Å². The maximum Gasteiger partial charge on any atom is 0.231 e. The zero-order valence-corrected chi connectivity index (χ0v) is 8.07. The highest BCUT2D eigenvalue weighted by atomic mass is 19.1. The monoisotopic (exact) mass is 222 g/mol. The van der Waals surface area contributed by atoms with E-state index < -0.39 is 5.82 Å². The van der Waals surface area contributed by atoms with Crippen LogP contribution in [0.25, 0.3) is 11.1 Å². The SMILES string of the molecule is Nc1oncc1-c1cc(F)c2c(c1)OCO2. The van der Waals surface area contributed by atoms with Crippen LogP contribution >= 0.6 is 0 Å². The third-order valence-corrected chi connectivity index (χ3v) is 2.34. The smallest absolute Gasteiger partial charge is 0.231 e. The number of anilines is 1. The van der Waals surface area contributed by atoms with Gasteiger partial charge in [0.05, 0.1) is 11.8 Å². The van der Waals surface area contributed by atoms with E-state index in [1.54, 1.807) is 6.07 Å². The third-order valence-electron chi connectivity index (χ3n) is 2.34. The number of ether oxygens (including phenoxy) is 2. The molecule has 2 aromatic rings. The number of hydrogen-bond acceptors (Lipinski definition) is 5. The van der Waals surface area contributed by atoms with Crippen molar-refractivity contribution in [3.05, 3.63) is 24.1 Å². The minimum Gasteiger partial charge on any atom is -0.453 e. The van der Waals surface area contributed by atoms with Crippen molar-refractivity contribution < 1.29 is 18.4 Å². The molecule has 1 aromatic carbocycles. The molecule has 0 saturated carbocycles. The molecular formula is C10H7FN2O3. The van der Waals surface area contributed by atoms with Gasteiger partial charge in [-0.2, -0.15) is 0 Å². The summed E-state index contributed by atoms with van der Waals surface area (Å²) in [4.78, 5) is 0. The molecule has 82 valence electrons. The Bertz CT molecular complexity index is 553. The summed E-state index contributed by atoms with van der Waals surface area (Å²) in [6, 6.07) is 2.94. The molecule has 6 heteroatoms. The van der Waals surface area contributed by atoms with Crippen molar-refractivity contribution in [2.24, 2.45) is 0 Å². The topological polar surface area (TPSA) is 70.5 Å². The molecule has 0 spiro atoms. The summed E-state index contributed by atoms with van der Waals surface area (Å²) in [5.74, 6) is 0.123. The van der Waals surface area contributed by atoms with Gasteiger partial charge in [0.1, 0.15) is 0 Å². The Hall–Kier alpha value is -2.24. The van der Waals surface area contributed by atoms with Crippen molar-refractivity contribution in [1.82, 2.24) is 5.16 Å². The summed E-state index contributed by atoms with van der Waals surface area (Å²) < 4.78 is 28.4. The molecule has 0 aliphatic carbocycles. The second kappa shape index (κ2) is 3.13. The lowest BCUT2D eigenvalue weighted by atomic mass is 10.1. The lowest BCUT2D eigenvalue weighted by molar-refractivity contribution is 0.171. The average molecular weight is 222 g/mol. The molecule has 3 rings (SSSR count). The van der Waals surface area contributed by atoms with Crippen molar-refractivity contribution in [3.63, 3.8) is 0 Å². The maximum atomic E-state index is 13.6. The van der Waals surface area contributed by atoms with Crippen LogP contribution in [0.1, 0.15) is 0 Å². The zero-order valence-electron chi connectivity index (χ0n) is 8.07. The standard InChI is InChI=1S/C10H7FN2O3/c11-7-1-5(6-3-13-16-10(6)12)2-8-9(7)15-4-14-8/h1-3H,4,12H2. The molecule has 1 aliphatic rings. The van der Waals surface area contributed by atoms with Gasteiger partial charge in [-0.05, 0) is 17.7 Å². The third kappa shape index (κ3) is 1.19. The van der Waals surface area contributed by atoms with Crippen LogP contribution < -0.4 is 15.2 Å². The lowest BCUT2D eigenvalue weighted by Crippen LogP contribution is -1.93. The first kappa shape index (κ1) is 9.02.